The van der Waals surface area contributed by atoms with Crippen LogP contribution >= 0.6 is 23.2 Å². The van der Waals surface area contributed by atoms with E-state index in [0.717, 1.165) is 17.4 Å². The first-order chi connectivity index (χ1) is 16.2. The van der Waals surface area contributed by atoms with Crippen molar-refractivity contribution in [2.24, 2.45) is 11.8 Å². The van der Waals surface area contributed by atoms with E-state index in [1.807, 2.05) is 4.90 Å². The van der Waals surface area contributed by atoms with Gasteiger partial charge < -0.3 is 5.32 Å². The van der Waals surface area contributed by atoms with Crippen LogP contribution in [0.25, 0.3) is 0 Å². The van der Waals surface area contributed by atoms with Gasteiger partial charge in [-0.2, -0.15) is 0 Å². The Balaban J connectivity index is 1.54. The summed E-state index contributed by atoms with van der Waals surface area (Å²) in [6.45, 7) is 2.38. The minimum absolute atomic E-state index is 0.0751. The number of nitrogens with one attached hydrogen (secondary N) is 1. The maximum atomic E-state index is 13.9. The fourth-order valence-corrected chi connectivity index (χ4v) is 6.77. The molecule has 0 aromatic heterocycles. The van der Waals surface area contributed by atoms with Crippen LogP contribution in [0, 0.1) is 28.9 Å². The first kappa shape index (κ1) is 21.5. The average molecular weight is 501 g/mol. The van der Waals surface area contributed by atoms with Crippen molar-refractivity contribution in [1.29, 1.82) is 0 Å². The zero-order valence-corrected chi connectivity index (χ0v) is 19.4. The number of nitro benzene ring substituents is 1. The lowest BCUT2D eigenvalue weighted by Gasteiger charge is -2.36. The highest BCUT2D eigenvalue weighted by Crippen LogP contribution is 2.61. The largest absolute Gasteiger partial charge is 0.324 e. The molecule has 3 fully saturated rings. The molecule has 0 bridgehead atoms. The lowest BCUT2D eigenvalue weighted by molar-refractivity contribution is -0.384. The second kappa shape index (κ2) is 7.00. The van der Waals surface area contributed by atoms with Gasteiger partial charge in [-0.25, -0.2) is 4.90 Å². The smallest absolute Gasteiger partial charge is 0.289 e. The molecule has 1 spiro atoms. The number of carbonyl (C=O) groups is 3. The van der Waals surface area contributed by atoms with Gasteiger partial charge in [-0.15, -0.1) is 0 Å². The van der Waals surface area contributed by atoms with Gasteiger partial charge in [-0.1, -0.05) is 29.3 Å². The number of anilines is 2. The number of benzene rings is 2. The van der Waals surface area contributed by atoms with Crippen LogP contribution in [-0.2, 0) is 19.9 Å². The number of carbonyl (C=O) groups excluding carboxylic acids is 3. The summed E-state index contributed by atoms with van der Waals surface area (Å²) in [4.78, 5) is 55.1. The summed E-state index contributed by atoms with van der Waals surface area (Å²) >= 11 is 12.2. The van der Waals surface area contributed by atoms with Crippen LogP contribution in [-0.4, -0.2) is 40.1 Å². The molecule has 4 atom stereocenters. The van der Waals surface area contributed by atoms with Crippen molar-refractivity contribution in [3.8, 4) is 0 Å². The number of amides is 3. The minimum Gasteiger partial charge on any atom is -0.324 e. The van der Waals surface area contributed by atoms with Gasteiger partial charge in [0.1, 0.15) is 10.6 Å². The molecule has 11 heteroatoms. The SMILES string of the molecule is Cc1c(Cl)ccc2c1NC(=O)C21C2C(=O)N(c3ccc(Cl)c([N+](=O)[O-])c3)C(=O)C2C2CCCN21. The van der Waals surface area contributed by atoms with Crippen molar-refractivity contribution < 1.29 is 19.3 Å². The number of nitrogens with zero attached hydrogens (tertiary/aromatic N) is 3. The Morgan fingerprint density at radius 3 is 2.59 bits per heavy atom. The maximum Gasteiger partial charge on any atom is 0.289 e. The first-order valence-corrected chi connectivity index (χ1v) is 11.6. The molecule has 6 rings (SSSR count). The van der Waals surface area contributed by atoms with Crippen LogP contribution in [0.2, 0.25) is 10.0 Å². The highest BCUT2D eigenvalue weighted by atomic mass is 35.5. The maximum absolute atomic E-state index is 13.9. The number of hydrogen-bond donors (Lipinski definition) is 1. The van der Waals surface area contributed by atoms with Crippen LogP contribution in [0.1, 0.15) is 24.0 Å². The van der Waals surface area contributed by atoms with E-state index in [1.54, 1.807) is 19.1 Å². The monoisotopic (exact) mass is 500 g/mol. The van der Waals surface area contributed by atoms with Gasteiger partial charge in [-0.3, -0.25) is 29.4 Å². The molecule has 4 aliphatic rings. The predicted octanol–water partition coefficient (Wildman–Crippen LogP) is 3.64. The Morgan fingerprint density at radius 2 is 1.85 bits per heavy atom. The van der Waals surface area contributed by atoms with E-state index in [0.29, 0.717) is 34.8 Å². The normalized spacial score (nSPS) is 29.6. The molecule has 0 radical (unpaired) electrons. The lowest BCUT2D eigenvalue weighted by atomic mass is 9.75. The summed E-state index contributed by atoms with van der Waals surface area (Å²) in [6, 6.07) is 7.01. The van der Waals surface area contributed by atoms with Gasteiger partial charge in [0.25, 0.3) is 5.69 Å². The van der Waals surface area contributed by atoms with Gasteiger partial charge >= 0.3 is 0 Å². The minimum atomic E-state index is -1.34. The third-order valence-electron chi connectivity index (χ3n) is 7.75. The second-order valence-electron chi connectivity index (χ2n) is 9.13. The molecular formula is C23H18Cl2N4O5. The number of imide groups is 1. The molecule has 4 heterocycles. The van der Waals surface area contributed by atoms with E-state index in [9.17, 15) is 24.5 Å². The summed E-state index contributed by atoms with van der Waals surface area (Å²) in [6.07, 6.45) is 1.46. The second-order valence-corrected chi connectivity index (χ2v) is 9.94. The Hall–Kier alpha value is -3.01. The molecule has 0 aliphatic carbocycles. The van der Waals surface area contributed by atoms with Crippen molar-refractivity contribution in [3.05, 3.63) is 61.6 Å². The highest BCUT2D eigenvalue weighted by molar-refractivity contribution is 6.33. The lowest BCUT2D eigenvalue weighted by Crippen LogP contribution is -2.54. The third-order valence-corrected chi connectivity index (χ3v) is 8.48. The molecule has 2 aromatic rings. The number of hydrogen-bond acceptors (Lipinski definition) is 6. The van der Waals surface area contributed by atoms with Crippen molar-refractivity contribution in [3.63, 3.8) is 0 Å². The zero-order valence-electron chi connectivity index (χ0n) is 17.9. The molecule has 174 valence electrons. The fourth-order valence-electron chi connectivity index (χ4n) is 6.43. The molecule has 3 amide bonds. The van der Waals surface area contributed by atoms with Crippen molar-refractivity contribution in [2.75, 3.05) is 16.8 Å². The number of fused-ring (bicyclic) bond motifs is 7. The molecule has 34 heavy (non-hydrogen) atoms. The molecule has 9 nitrogen and oxygen atoms in total. The number of nitro groups is 1. The fraction of sp³-hybridized carbons (Fsp3) is 0.348. The topological polar surface area (TPSA) is 113 Å². The molecule has 3 saturated heterocycles. The summed E-state index contributed by atoms with van der Waals surface area (Å²) < 4.78 is 0. The van der Waals surface area contributed by atoms with E-state index in [2.05, 4.69) is 5.32 Å². The Kier molecular flexibility index (Phi) is 4.43. The number of halogens is 2. The van der Waals surface area contributed by atoms with Crippen LogP contribution in [0.5, 0.6) is 0 Å². The number of rotatable bonds is 2. The van der Waals surface area contributed by atoms with Crippen LogP contribution < -0.4 is 10.2 Å². The Bertz CT molecular complexity index is 1350. The van der Waals surface area contributed by atoms with Crippen molar-refractivity contribution in [1.82, 2.24) is 4.90 Å². The van der Waals surface area contributed by atoms with Crippen LogP contribution in [0.4, 0.5) is 17.1 Å². The van der Waals surface area contributed by atoms with E-state index >= 15 is 0 Å². The van der Waals surface area contributed by atoms with E-state index in [4.69, 9.17) is 23.2 Å². The van der Waals surface area contributed by atoms with E-state index in [-0.39, 0.29) is 22.7 Å². The molecule has 4 unspecified atom stereocenters. The average Bonchev–Trinajstić information content (AvgIpc) is 3.50. The predicted molar refractivity (Wildman–Crippen MR) is 124 cm³/mol. The molecule has 4 aliphatic heterocycles. The van der Waals surface area contributed by atoms with Gasteiger partial charge in [0.15, 0.2) is 0 Å². The molecule has 2 aromatic carbocycles. The van der Waals surface area contributed by atoms with Gasteiger partial charge in [-0.05, 0) is 50.1 Å². The Morgan fingerprint density at radius 1 is 1.12 bits per heavy atom. The van der Waals surface area contributed by atoms with Gasteiger partial charge in [0.05, 0.1) is 28.1 Å². The third kappa shape index (κ3) is 2.41. The van der Waals surface area contributed by atoms with Crippen LogP contribution in [0.3, 0.4) is 0 Å². The van der Waals surface area contributed by atoms with Gasteiger partial charge in [0.2, 0.25) is 17.7 Å². The standard InChI is InChI=1S/C23H18Cl2N4O5/c1-10-13(24)7-5-12-19(10)26-22(32)23(12)18-17(15-3-2-8-27(15)23)20(30)28(21(18)31)11-4-6-14(25)16(9-11)29(33)34/h4-7,9,15,17-18H,2-3,8H2,1H3,(H,26,32). The Labute approximate surface area is 203 Å². The summed E-state index contributed by atoms with van der Waals surface area (Å²) in [7, 11) is 0. The summed E-state index contributed by atoms with van der Waals surface area (Å²) in [5, 5.41) is 14.7. The van der Waals surface area contributed by atoms with Crippen molar-refractivity contribution in [2.45, 2.75) is 31.3 Å². The van der Waals surface area contributed by atoms with Crippen LogP contribution in [0.15, 0.2) is 30.3 Å². The zero-order chi connectivity index (χ0) is 24.1. The highest BCUT2D eigenvalue weighted by Gasteiger charge is 2.74. The molecule has 1 N–H and O–H groups in total. The van der Waals surface area contributed by atoms with Crippen molar-refractivity contribution >= 4 is 58.0 Å². The van der Waals surface area contributed by atoms with E-state index in [1.165, 1.54) is 12.1 Å². The quantitative estimate of drug-likeness (QED) is 0.382. The summed E-state index contributed by atoms with van der Waals surface area (Å²) in [5.41, 5.74) is 0.254. The first-order valence-electron chi connectivity index (χ1n) is 10.9. The molecule has 0 saturated carbocycles. The van der Waals surface area contributed by atoms with Gasteiger partial charge in [0, 0.05) is 22.7 Å². The van der Waals surface area contributed by atoms with E-state index < -0.39 is 39.8 Å². The molecular weight excluding hydrogens is 483 g/mol. The summed E-state index contributed by atoms with van der Waals surface area (Å²) in [5.74, 6) is -3.04.